The van der Waals surface area contributed by atoms with E-state index >= 15 is 0 Å². The van der Waals surface area contributed by atoms with E-state index in [9.17, 15) is 4.79 Å². The summed E-state index contributed by atoms with van der Waals surface area (Å²) in [6, 6.07) is 0. The molecule has 0 atom stereocenters. The Labute approximate surface area is 73.3 Å². The molecular formula is C10H12O2. The van der Waals surface area contributed by atoms with Crippen molar-refractivity contribution >= 4 is 5.97 Å². The monoisotopic (exact) mass is 164 g/mol. The number of ether oxygens (including phenoxy) is 1. The predicted octanol–water partition coefficient (Wildman–Crippen LogP) is 1.21. The highest BCUT2D eigenvalue weighted by Crippen LogP contribution is 2.07. The van der Waals surface area contributed by atoms with E-state index in [1.807, 2.05) is 0 Å². The van der Waals surface area contributed by atoms with E-state index < -0.39 is 0 Å². The van der Waals surface area contributed by atoms with E-state index in [2.05, 4.69) is 11.8 Å². The van der Waals surface area contributed by atoms with Crippen molar-refractivity contribution in [1.29, 1.82) is 0 Å². The van der Waals surface area contributed by atoms with Gasteiger partial charge in [-0.1, -0.05) is 0 Å². The van der Waals surface area contributed by atoms with Crippen molar-refractivity contribution in [1.82, 2.24) is 0 Å². The molecular weight excluding hydrogens is 152 g/mol. The zero-order valence-electron chi connectivity index (χ0n) is 7.17. The maximum absolute atomic E-state index is 10.4. The van der Waals surface area contributed by atoms with Crippen molar-refractivity contribution < 1.29 is 9.53 Å². The molecule has 0 aliphatic heterocycles. The standard InChI is InChI=1S/C10H12O2/c1-4-6-10(7-5-2)8-12-9(3)11/h1-2,10H,6-8H2,3H3. The van der Waals surface area contributed by atoms with Gasteiger partial charge in [0.05, 0.1) is 6.61 Å². The zero-order valence-corrected chi connectivity index (χ0v) is 7.17. The maximum Gasteiger partial charge on any atom is 0.302 e. The first-order valence-electron chi connectivity index (χ1n) is 3.71. The quantitative estimate of drug-likeness (QED) is 0.461. The summed E-state index contributed by atoms with van der Waals surface area (Å²) in [5, 5.41) is 0. The minimum atomic E-state index is -0.297. The molecule has 0 aromatic carbocycles. The third kappa shape index (κ3) is 5.38. The SMILES string of the molecule is C#CCC(CC#C)COC(C)=O. The zero-order chi connectivity index (χ0) is 9.40. The van der Waals surface area contributed by atoms with E-state index in [4.69, 9.17) is 17.6 Å². The van der Waals surface area contributed by atoms with Crippen molar-refractivity contribution in [3.63, 3.8) is 0 Å². The predicted molar refractivity (Wildman–Crippen MR) is 47.0 cm³/mol. The average molecular weight is 164 g/mol. The summed E-state index contributed by atoms with van der Waals surface area (Å²) in [7, 11) is 0. The van der Waals surface area contributed by atoms with Crippen LogP contribution in [-0.4, -0.2) is 12.6 Å². The average Bonchev–Trinajstić information content (AvgIpc) is 2.01. The number of esters is 1. The van der Waals surface area contributed by atoms with Crippen molar-refractivity contribution in [2.24, 2.45) is 5.92 Å². The molecule has 0 heterocycles. The van der Waals surface area contributed by atoms with E-state index in [-0.39, 0.29) is 11.9 Å². The fraction of sp³-hybridized carbons (Fsp3) is 0.500. The Kier molecular flexibility index (Phi) is 5.57. The molecule has 0 saturated carbocycles. The van der Waals surface area contributed by atoms with Crippen LogP contribution in [0.3, 0.4) is 0 Å². The second-order valence-electron chi connectivity index (χ2n) is 2.49. The minimum absolute atomic E-state index is 0.101. The van der Waals surface area contributed by atoms with Crippen LogP contribution in [0.2, 0.25) is 0 Å². The Morgan fingerprint density at radius 2 is 1.92 bits per heavy atom. The molecule has 0 aromatic rings. The molecule has 0 bridgehead atoms. The Morgan fingerprint density at radius 1 is 1.42 bits per heavy atom. The van der Waals surface area contributed by atoms with Gasteiger partial charge in [0, 0.05) is 25.7 Å². The lowest BCUT2D eigenvalue weighted by Crippen LogP contribution is -2.11. The Morgan fingerprint density at radius 3 is 2.25 bits per heavy atom. The van der Waals surface area contributed by atoms with Gasteiger partial charge >= 0.3 is 5.97 Å². The molecule has 0 unspecified atom stereocenters. The van der Waals surface area contributed by atoms with Gasteiger partial charge in [-0.3, -0.25) is 4.79 Å². The number of carbonyl (C=O) groups is 1. The van der Waals surface area contributed by atoms with E-state index in [1.165, 1.54) is 6.92 Å². The molecule has 0 fully saturated rings. The van der Waals surface area contributed by atoms with Gasteiger partial charge < -0.3 is 4.74 Å². The van der Waals surface area contributed by atoms with Crippen molar-refractivity contribution in [3.05, 3.63) is 0 Å². The molecule has 0 spiro atoms. The summed E-state index contributed by atoms with van der Waals surface area (Å²) in [4.78, 5) is 10.4. The lowest BCUT2D eigenvalue weighted by Gasteiger charge is -2.09. The van der Waals surface area contributed by atoms with Crippen LogP contribution < -0.4 is 0 Å². The number of carbonyl (C=O) groups excluding carboxylic acids is 1. The van der Waals surface area contributed by atoms with Gasteiger partial charge in [-0.2, -0.15) is 0 Å². The van der Waals surface area contributed by atoms with Crippen LogP contribution in [0.4, 0.5) is 0 Å². The maximum atomic E-state index is 10.4. The molecule has 0 aromatic heterocycles. The summed E-state index contributed by atoms with van der Waals surface area (Å²) >= 11 is 0. The summed E-state index contributed by atoms with van der Waals surface area (Å²) in [6.45, 7) is 1.69. The lowest BCUT2D eigenvalue weighted by atomic mass is 10.0. The summed E-state index contributed by atoms with van der Waals surface area (Å²) in [6.07, 6.45) is 11.3. The molecule has 0 amide bonds. The van der Waals surface area contributed by atoms with Gasteiger partial charge in [0.1, 0.15) is 0 Å². The third-order valence-corrected chi connectivity index (χ3v) is 1.34. The van der Waals surface area contributed by atoms with Gasteiger partial charge in [-0.25, -0.2) is 0 Å². The molecule has 12 heavy (non-hydrogen) atoms. The van der Waals surface area contributed by atoms with Crippen LogP contribution in [0.1, 0.15) is 19.8 Å². The Hall–Kier alpha value is -1.41. The highest BCUT2D eigenvalue weighted by molar-refractivity contribution is 5.65. The summed E-state index contributed by atoms with van der Waals surface area (Å²) < 4.78 is 4.78. The topological polar surface area (TPSA) is 26.3 Å². The van der Waals surface area contributed by atoms with E-state index in [0.29, 0.717) is 19.4 Å². The number of terminal acetylenes is 2. The van der Waals surface area contributed by atoms with Crippen molar-refractivity contribution in [2.45, 2.75) is 19.8 Å². The first-order valence-corrected chi connectivity index (χ1v) is 3.71. The molecule has 2 nitrogen and oxygen atoms in total. The van der Waals surface area contributed by atoms with Crippen LogP contribution in [-0.2, 0) is 9.53 Å². The number of hydrogen-bond acceptors (Lipinski definition) is 2. The Bertz CT molecular complexity index is 201. The fourth-order valence-electron chi connectivity index (χ4n) is 0.759. The Balaban J connectivity index is 3.73. The molecule has 0 aliphatic rings. The van der Waals surface area contributed by atoms with Gasteiger partial charge in [-0.05, 0) is 0 Å². The molecule has 0 saturated heterocycles. The molecule has 0 aliphatic carbocycles. The van der Waals surface area contributed by atoms with Gasteiger partial charge in [0.2, 0.25) is 0 Å². The first-order chi connectivity index (χ1) is 5.70. The van der Waals surface area contributed by atoms with Crippen LogP contribution in [0.25, 0.3) is 0 Å². The van der Waals surface area contributed by atoms with Gasteiger partial charge in [-0.15, -0.1) is 24.7 Å². The molecule has 0 rings (SSSR count). The number of rotatable bonds is 4. The smallest absolute Gasteiger partial charge is 0.302 e. The minimum Gasteiger partial charge on any atom is -0.466 e. The van der Waals surface area contributed by atoms with Crippen LogP contribution in [0.5, 0.6) is 0 Å². The number of hydrogen-bond donors (Lipinski definition) is 0. The highest BCUT2D eigenvalue weighted by Gasteiger charge is 2.07. The molecule has 2 heteroatoms. The van der Waals surface area contributed by atoms with E-state index in [1.54, 1.807) is 0 Å². The largest absolute Gasteiger partial charge is 0.466 e. The summed E-state index contributed by atoms with van der Waals surface area (Å²) in [5.41, 5.74) is 0. The van der Waals surface area contributed by atoms with Crippen LogP contribution >= 0.6 is 0 Å². The molecule has 64 valence electrons. The normalized spacial score (nSPS) is 8.67. The van der Waals surface area contributed by atoms with E-state index in [0.717, 1.165) is 0 Å². The second-order valence-corrected chi connectivity index (χ2v) is 2.49. The lowest BCUT2D eigenvalue weighted by molar-refractivity contribution is -0.142. The van der Waals surface area contributed by atoms with Crippen LogP contribution in [0.15, 0.2) is 0 Å². The van der Waals surface area contributed by atoms with Crippen molar-refractivity contribution in [2.75, 3.05) is 6.61 Å². The van der Waals surface area contributed by atoms with Crippen LogP contribution in [0, 0.1) is 30.6 Å². The van der Waals surface area contributed by atoms with Gasteiger partial charge in [0.15, 0.2) is 0 Å². The first kappa shape index (κ1) is 10.6. The molecule has 0 N–H and O–H groups in total. The molecule has 0 radical (unpaired) electrons. The third-order valence-electron chi connectivity index (χ3n) is 1.34. The highest BCUT2D eigenvalue weighted by atomic mass is 16.5. The second kappa shape index (κ2) is 6.31. The summed E-state index contributed by atoms with van der Waals surface area (Å²) in [5.74, 6) is 4.78. The fourth-order valence-corrected chi connectivity index (χ4v) is 0.759. The van der Waals surface area contributed by atoms with Crippen molar-refractivity contribution in [3.8, 4) is 24.7 Å². The van der Waals surface area contributed by atoms with Gasteiger partial charge in [0.25, 0.3) is 0 Å².